The van der Waals surface area contributed by atoms with Crippen molar-refractivity contribution in [2.24, 2.45) is 0 Å². The average Bonchev–Trinajstić information content (AvgIpc) is 3.03. The molecule has 1 nitrogen and oxygen atoms in total. The van der Waals surface area contributed by atoms with Gasteiger partial charge in [0.15, 0.2) is 0 Å². The number of halogens is 1. The van der Waals surface area contributed by atoms with Crippen LogP contribution in [0.15, 0.2) is 109 Å². The number of hydrogen-bond donors (Lipinski definition) is 0. The molecule has 0 N–H and O–H groups in total. The molecule has 0 fully saturated rings. The summed E-state index contributed by atoms with van der Waals surface area (Å²) in [4.78, 5) is 2.30. The Hall–Kier alpha value is -2.67. The van der Waals surface area contributed by atoms with Gasteiger partial charge >= 0.3 is 0 Å². The number of rotatable bonds is 15. The van der Waals surface area contributed by atoms with Crippen LogP contribution in [0.3, 0.4) is 0 Å². The van der Waals surface area contributed by atoms with Crippen molar-refractivity contribution >= 4 is 36.5 Å². The summed E-state index contributed by atoms with van der Waals surface area (Å²) in [5.74, 6) is 0. The van der Waals surface area contributed by atoms with E-state index in [1.54, 1.807) is 5.56 Å². The van der Waals surface area contributed by atoms with Gasteiger partial charge in [-0.3, -0.25) is 0 Å². The van der Waals surface area contributed by atoms with Crippen LogP contribution in [0, 0.1) is 0 Å². The first-order valence-corrected chi connectivity index (χ1v) is 18.4. The third kappa shape index (κ3) is 9.16. The maximum atomic E-state index is 2.67. The average molecular weight is 643 g/mol. The molecule has 0 radical (unpaired) electrons. The lowest BCUT2D eigenvalue weighted by atomic mass is 10.0. The molecular weight excluding hydrogens is 593 g/mol. The summed E-state index contributed by atoms with van der Waals surface area (Å²) in [7, 11) is -1.01. The second kappa shape index (κ2) is 17.4. The Morgan fingerprint density at radius 1 is 0.571 bits per heavy atom. The Kier molecular flexibility index (Phi) is 14.1. The molecule has 0 spiro atoms. The highest BCUT2D eigenvalue weighted by molar-refractivity contribution is 7.75. The van der Waals surface area contributed by atoms with E-state index in [0.717, 1.165) is 22.7 Å². The van der Waals surface area contributed by atoms with Gasteiger partial charge < -0.3 is 21.9 Å². The van der Waals surface area contributed by atoms with Crippen LogP contribution < -0.4 is 21.9 Å². The third-order valence-electron chi connectivity index (χ3n) is 8.33. The Labute approximate surface area is 267 Å². The van der Waals surface area contributed by atoms with Gasteiger partial charge in [0, 0.05) is 31.0 Å². The van der Waals surface area contributed by atoms with E-state index in [-0.39, 0.29) is 17.0 Å². The molecule has 222 valence electrons. The standard InChI is InChI=1S/C39H49NP.BrH/c1-5-8-31-41(4,32-9-6-2)39(16-7-3)35-27-23-33(24-28-35)21-22-34-25-29-38(30-26-34)40(36-17-12-10-13-18-36)37-19-14-11-15-20-37;/h10-15,17-30,39H,5-9,16,31-32H2,1-4H3;1H/q+1;/p-1. The normalized spacial score (nSPS) is 12.2. The molecule has 0 bridgehead atoms. The van der Waals surface area contributed by atoms with Crippen molar-refractivity contribution in [3.63, 3.8) is 0 Å². The van der Waals surface area contributed by atoms with Gasteiger partial charge in [0.25, 0.3) is 0 Å². The minimum atomic E-state index is -1.01. The SMILES string of the molecule is CCCC[P+](C)(CCCC)C(CCC)c1ccc(C=Cc2ccc(N(c3ccccc3)c3ccccc3)cc2)cc1.[Br-]. The maximum Gasteiger partial charge on any atom is 0.0942 e. The first kappa shape index (κ1) is 33.8. The predicted octanol–water partition coefficient (Wildman–Crippen LogP) is 9.42. The second-order valence-electron chi connectivity index (χ2n) is 11.5. The highest BCUT2D eigenvalue weighted by Crippen LogP contribution is 2.69. The second-order valence-corrected chi connectivity index (χ2v) is 16.0. The fourth-order valence-corrected chi connectivity index (χ4v) is 10.6. The van der Waals surface area contributed by atoms with Gasteiger partial charge in [-0.15, -0.1) is 0 Å². The van der Waals surface area contributed by atoms with E-state index in [9.17, 15) is 0 Å². The van der Waals surface area contributed by atoms with E-state index in [1.165, 1.54) is 62.0 Å². The lowest BCUT2D eigenvalue weighted by molar-refractivity contribution is -0.00000840. The van der Waals surface area contributed by atoms with Gasteiger partial charge in [-0.1, -0.05) is 125 Å². The molecule has 1 unspecified atom stereocenters. The number of unbranched alkanes of at least 4 members (excludes halogenated alkanes) is 2. The molecule has 0 saturated heterocycles. The Morgan fingerprint density at radius 3 is 1.43 bits per heavy atom. The van der Waals surface area contributed by atoms with Crippen molar-refractivity contribution in [3.8, 4) is 0 Å². The molecule has 4 rings (SSSR count). The molecule has 0 aliphatic carbocycles. The van der Waals surface area contributed by atoms with Gasteiger partial charge in [-0.05, 0) is 72.4 Å². The minimum absolute atomic E-state index is 0. The predicted molar refractivity (Wildman–Crippen MR) is 187 cm³/mol. The summed E-state index contributed by atoms with van der Waals surface area (Å²) in [6.45, 7) is 9.72. The molecule has 4 aromatic rings. The van der Waals surface area contributed by atoms with E-state index in [1.807, 2.05) is 0 Å². The molecular formula is C39H49BrNP. The Morgan fingerprint density at radius 2 is 1.00 bits per heavy atom. The fourth-order valence-electron chi connectivity index (χ4n) is 5.93. The maximum absolute atomic E-state index is 2.67. The molecule has 0 aromatic heterocycles. The smallest absolute Gasteiger partial charge is 0.0942 e. The highest BCUT2D eigenvalue weighted by atomic mass is 79.9. The largest absolute Gasteiger partial charge is 1.00 e. The monoisotopic (exact) mass is 641 g/mol. The summed E-state index contributed by atoms with van der Waals surface area (Å²) >= 11 is 0. The lowest BCUT2D eigenvalue weighted by Gasteiger charge is -2.32. The van der Waals surface area contributed by atoms with Crippen LogP contribution in [-0.2, 0) is 0 Å². The van der Waals surface area contributed by atoms with Crippen LogP contribution in [-0.4, -0.2) is 19.0 Å². The zero-order valence-corrected chi connectivity index (χ0v) is 28.5. The topological polar surface area (TPSA) is 3.24 Å². The lowest BCUT2D eigenvalue weighted by Crippen LogP contribution is -3.00. The van der Waals surface area contributed by atoms with E-state index in [2.05, 4.69) is 154 Å². The van der Waals surface area contributed by atoms with Crippen LogP contribution >= 0.6 is 7.26 Å². The van der Waals surface area contributed by atoms with Crippen LogP contribution in [0.1, 0.15) is 81.6 Å². The number of para-hydroxylation sites is 2. The highest BCUT2D eigenvalue weighted by Gasteiger charge is 2.40. The van der Waals surface area contributed by atoms with Crippen molar-refractivity contribution in [2.75, 3.05) is 23.9 Å². The zero-order chi connectivity index (χ0) is 28.9. The van der Waals surface area contributed by atoms with Gasteiger partial charge in [0.1, 0.15) is 0 Å². The number of nitrogens with zero attached hydrogens (tertiary/aromatic N) is 1. The quantitative estimate of drug-likeness (QED) is 0.0923. The minimum Gasteiger partial charge on any atom is -1.00 e. The first-order valence-electron chi connectivity index (χ1n) is 15.7. The summed E-state index contributed by atoms with van der Waals surface area (Å²) in [6.07, 6.45) is 15.3. The summed E-state index contributed by atoms with van der Waals surface area (Å²) in [5, 5.41) is 0. The number of anilines is 3. The molecule has 0 aliphatic heterocycles. The van der Waals surface area contributed by atoms with Crippen molar-refractivity contribution in [1.29, 1.82) is 0 Å². The first-order chi connectivity index (χ1) is 20.1. The Bertz CT molecular complexity index is 1270. The third-order valence-corrected chi connectivity index (χ3v) is 13.1. The molecule has 0 saturated carbocycles. The van der Waals surface area contributed by atoms with Gasteiger partial charge in [0.05, 0.1) is 18.0 Å². The molecule has 4 aromatic carbocycles. The van der Waals surface area contributed by atoms with Crippen LogP contribution in [0.4, 0.5) is 17.1 Å². The van der Waals surface area contributed by atoms with E-state index in [0.29, 0.717) is 0 Å². The van der Waals surface area contributed by atoms with Crippen LogP contribution in [0.25, 0.3) is 12.2 Å². The molecule has 1 atom stereocenters. The molecule has 42 heavy (non-hydrogen) atoms. The Balaban J connectivity index is 0.00000484. The molecule has 0 heterocycles. The van der Waals surface area contributed by atoms with E-state index < -0.39 is 7.26 Å². The van der Waals surface area contributed by atoms with Crippen molar-refractivity contribution in [1.82, 2.24) is 0 Å². The van der Waals surface area contributed by atoms with Crippen molar-refractivity contribution < 1.29 is 17.0 Å². The number of benzene rings is 4. The van der Waals surface area contributed by atoms with Crippen LogP contribution in [0.5, 0.6) is 0 Å². The van der Waals surface area contributed by atoms with Crippen molar-refractivity contribution in [2.45, 2.75) is 65.0 Å². The summed E-state index contributed by atoms with van der Waals surface area (Å²) in [6, 6.07) is 39.5. The molecule has 3 heteroatoms. The number of hydrogen-bond acceptors (Lipinski definition) is 1. The van der Waals surface area contributed by atoms with Crippen molar-refractivity contribution in [3.05, 3.63) is 126 Å². The van der Waals surface area contributed by atoms with Gasteiger partial charge in [-0.2, -0.15) is 0 Å². The summed E-state index contributed by atoms with van der Waals surface area (Å²) in [5.41, 5.74) is 8.26. The van der Waals surface area contributed by atoms with E-state index in [4.69, 9.17) is 0 Å². The molecule has 0 amide bonds. The summed E-state index contributed by atoms with van der Waals surface area (Å²) < 4.78 is 0. The van der Waals surface area contributed by atoms with E-state index >= 15 is 0 Å². The van der Waals surface area contributed by atoms with Crippen LogP contribution in [0.2, 0.25) is 0 Å². The molecule has 0 aliphatic rings. The zero-order valence-electron chi connectivity index (χ0n) is 26.1. The van der Waals surface area contributed by atoms with Gasteiger partial charge in [0.2, 0.25) is 0 Å². The van der Waals surface area contributed by atoms with Gasteiger partial charge in [-0.25, -0.2) is 0 Å². The fraction of sp³-hybridized carbons (Fsp3) is 0.333.